The third-order valence-corrected chi connectivity index (χ3v) is 2.50. The molecule has 1 aromatic rings. The topological polar surface area (TPSA) is 66.8 Å². The molecular weight excluding hydrogens is 239 g/mol. The molecule has 4 nitrogen and oxygen atoms in total. The van der Waals surface area contributed by atoms with Crippen molar-refractivity contribution in [1.29, 1.82) is 0 Å². The molecule has 1 rings (SSSR count). The number of aromatic carboxylic acids is 1. The van der Waals surface area contributed by atoms with Crippen LogP contribution >= 0.6 is 0 Å². The first-order valence-electron chi connectivity index (χ1n) is 5.92. The number of unbranched alkanes of at least 4 members (excludes halogenated alkanes) is 3. The number of hydrogen-bond acceptors (Lipinski definition) is 3. The summed E-state index contributed by atoms with van der Waals surface area (Å²) in [5, 5.41) is 17.5. The minimum Gasteiger partial charge on any atom is -0.493 e. The Morgan fingerprint density at radius 1 is 1.22 bits per heavy atom. The van der Waals surface area contributed by atoms with E-state index < -0.39 is 17.3 Å². The zero-order chi connectivity index (χ0) is 13.4. The molecule has 0 aliphatic carbocycles. The van der Waals surface area contributed by atoms with E-state index in [9.17, 15) is 9.18 Å². The van der Waals surface area contributed by atoms with E-state index in [0.29, 0.717) is 6.61 Å². The molecule has 0 unspecified atom stereocenters. The van der Waals surface area contributed by atoms with E-state index in [1.165, 1.54) is 12.1 Å². The van der Waals surface area contributed by atoms with Crippen molar-refractivity contribution in [2.75, 3.05) is 13.2 Å². The van der Waals surface area contributed by atoms with Crippen molar-refractivity contribution >= 4 is 5.97 Å². The number of carboxylic acids is 1. The quantitative estimate of drug-likeness (QED) is 0.701. The van der Waals surface area contributed by atoms with E-state index in [2.05, 4.69) is 0 Å². The van der Waals surface area contributed by atoms with E-state index in [-0.39, 0.29) is 12.4 Å². The Balaban J connectivity index is 2.47. The van der Waals surface area contributed by atoms with Gasteiger partial charge in [0.15, 0.2) is 0 Å². The number of aliphatic hydroxyl groups excluding tert-OH is 1. The second kappa shape index (κ2) is 7.66. The number of halogens is 1. The van der Waals surface area contributed by atoms with E-state index in [1.54, 1.807) is 0 Å². The number of carbonyl (C=O) groups is 1. The van der Waals surface area contributed by atoms with E-state index in [1.807, 2.05) is 0 Å². The van der Waals surface area contributed by atoms with Crippen molar-refractivity contribution in [2.45, 2.75) is 25.7 Å². The van der Waals surface area contributed by atoms with Crippen LogP contribution in [0.25, 0.3) is 0 Å². The number of rotatable bonds is 8. The second-order valence-electron chi connectivity index (χ2n) is 3.90. The summed E-state index contributed by atoms with van der Waals surface area (Å²) in [5.41, 5.74) is -0.423. The fraction of sp³-hybridized carbons (Fsp3) is 0.462. The van der Waals surface area contributed by atoms with E-state index in [0.717, 1.165) is 31.7 Å². The van der Waals surface area contributed by atoms with Gasteiger partial charge in [0.25, 0.3) is 0 Å². The van der Waals surface area contributed by atoms with Crippen LogP contribution < -0.4 is 4.74 Å². The Hall–Kier alpha value is -1.62. The fourth-order valence-corrected chi connectivity index (χ4v) is 1.58. The molecule has 100 valence electrons. The van der Waals surface area contributed by atoms with Crippen LogP contribution in [0.1, 0.15) is 36.0 Å². The standard InChI is InChI=1S/C13H17FO4/c14-10-6-5-7-11(12(10)13(16)17)18-9-4-2-1-3-8-15/h5-7,15H,1-4,8-9H2,(H,16,17). The maximum Gasteiger partial charge on any atom is 0.342 e. The lowest BCUT2D eigenvalue weighted by molar-refractivity contribution is 0.0686. The maximum absolute atomic E-state index is 13.3. The lowest BCUT2D eigenvalue weighted by atomic mass is 10.2. The maximum atomic E-state index is 13.3. The number of carboxylic acid groups (broad SMARTS) is 1. The number of benzene rings is 1. The van der Waals surface area contributed by atoms with Gasteiger partial charge in [-0.15, -0.1) is 0 Å². The summed E-state index contributed by atoms with van der Waals surface area (Å²) >= 11 is 0. The lowest BCUT2D eigenvalue weighted by Crippen LogP contribution is -2.07. The van der Waals surface area contributed by atoms with Gasteiger partial charge in [0.2, 0.25) is 0 Å². The monoisotopic (exact) mass is 256 g/mol. The number of ether oxygens (including phenoxy) is 1. The van der Waals surface area contributed by atoms with Crippen molar-refractivity contribution in [1.82, 2.24) is 0 Å². The highest BCUT2D eigenvalue weighted by molar-refractivity contribution is 5.91. The zero-order valence-corrected chi connectivity index (χ0v) is 10.1. The molecule has 1 aromatic carbocycles. The normalized spacial score (nSPS) is 10.3. The van der Waals surface area contributed by atoms with E-state index >= 15 is 0 Å². The molecule has 0 spiro atoms. The summed E-state index contributed by atoms with van der Waals surface area (Å²) in [4.78, 5) is 10.9. The Kier molecular flexibility index (Phi) is 6.14. The van der Waals surface area contributed by atoms with Crippen molar-refractivity contribution < 1.29 is 24.1 Å². The summed E-state index contributed by atoms with van der Waals surface area (Å²) in [6.45, 7) is 0.517. The first kappa shape index (κ1) is 14.4. The largest absolute Gasteiger partial charge is 0.493 e. The van der Waals surface area contributed by atoms with Crippen molar-refractivity contribution in [3.63, 3.8) is 0 Å². The molecule has 5 heteroatoms. The summed E-state index contributed by atoms with van der Waals surface area (Å²) in [6.07, 6.45) is 3.28. The van der Waals surface area contributed by atoms with Crippen LogP contribution in [0.5, 0.6) is 5.75 Å². The second-order valence-corrected chi connectivity index (χ2v) is 3.90. The third-order valence-electron chi connectivity index (χ3n) is 2.50. The fourth-order valence-electron chi connectivity index (χ4n) is 1.58. The molecule has 0 aliphatic rings. The molecule has 0 radical (unpaired) electrons. The van der Waals surface area contributed by atoms with Crippen LogP contribution in [-0.2, 0) is 0 Å². The SMILES string of the molecule is O=C(O)c1c(F)cccc1OCCCCCCO. The van der Waals surface area contributed by atoms with E-state index in [4.69, 9.17) is 14.9 Å². The van der Waals surface area contributed by atoms with Crippen molar-refractivity contribution in [2.24, 2.45) is 0 Å². The first-order chi connectivity index (χ1) is 8.66. The number of hydrogen-bond donors (Lipinski definition) is 2. The zero-order valence-electron chi connectivity index (χ0n) is 10.1. The molecule has 0 saturated carbocycles. The van der Waals surface area contributed by atoms with Gasteiger partial charge < -0.3 is 14.9 Å². The average molecular weight is 256 g/mol. The molecule has 0 bridgehead atoms. The molecule has 2 N–H and O–H groups in total. The number of aliphatic hydroxyl groups is 1. The summed E-state index contributed by atoms with van der Waals surface area (Å²) in [6, 6.07) is 3.96. The van der Waals surface area contributed by atoms with Gasteiger partial charge >= 0.3 is 5.97 Å². The minimum atomic E-state index is -1.33. The highest BCUT2D eigenvalue weighted by atomic mass is 19.1. The third kappa shape index (κ3) is 4.33. The molecule has 0 atom stereocenters. The van der Waals surface area contributed by atoms with Gasteiger partial charge in [-0.3, -0.25) is 0 Å². The van der Waals surface area contributed by atoms with Crippen LogP contribution in [0, 0.1) is 5.82 Å². The van der Waals surface area contributed by atoms with Gasteiger partial charge in [0.1, 0.15) is 17.1 Å². The highest BCUT2D eigenvalue weighted by Crippen LogP contribution is 2.21. The minimum absolute atomic E-state index is 0.0599. The van der Waals surface area contributed by atoms with Crippen LogP contribution in [0.2, 0.25) is 0 Å². The molecule has 0 heterocycles. The summed E-state index contributed by atoms with van der Waals surface area (Å²) in [5.74, 6) is -2.06. The Morgan fingerprint density at radius 2 is 1.94 bits per heavy atom. The van der Waals surface area contributed by atoms with Gasteiger partial charge in [0, 0.05) is 6.61 Å². The predicted molar refractivity (Wildman–Crippen MR) is 64.4 cm³/mol. The molecule has 0 fully saturated rings. The summed E-state index contributed by atoms with van der Waals surface area (Å²) in [7, 11) is 0. The Bertz CT molecular complexity index is 393. The smallest absolute Gasteiger partial charge is 0.342 e. The van der Waals surface area contributed by atoms with Crippen LogP contribution in [-0.4, -0.2) is 29.4 Å². The van der Waals surface area contributed by atoms with Gasteiger partial charge in [0.05, 0.1) is 6.61 Å². The van der Waals surface area contributed by atoms with Gasteiger partial charge in [-0.25, -0.2) is 9.18 Å². The predicted octanol–water partition coefficient (Wildman–Crippen LogP) is 2.46. The van der Waals surface area contributed by atoms with Crippen LogP contribution in [0.15, 0.2) is 18.2 Å². The van der Waals surface area contributed by atoms with Crippen LogP contribution in [0.3, 0.4) is 0 Å². The molecule has 0 aromatic heterocycles. The Labute approximate surface area is 105 Å². The van der Waals surface area contributed by atoms with Gasteiger partial charge in [-0.2, -0.15) is 0 Å². The average Bonchev–Trinajstić information content (AvgIpc) is 2.33. The Morgan fingerprint density at radius 3 is 2.61 bits per heavy atom. The van der Waals surface area contributed by atoms with Crippen molar-refractivity contribution in [3.8, 4) is 5.75 Å². The van der Waals surface area contributed by atoms with Gasteiger partial charge in [-0.05, 0) is 31.4 Å². The molecule has 18 heavy (non-hydrogen) atoms. The van der Waals surface area contributed by atoms with Crippen LogP contribution in [0.4, 0.5) is 4.39 Å². The highest BCUT2D eigenvalue weighted by Gasteiger charge is 2.16. The van der Waals surface area contributed by atoms with Gasteiger partial charge in [-0.1, -0.05) is 12.5 Å². The summed E-state index contributed by atoms with van der Waals surface area (Å²) < 4.78 is 18.6. The lowest BCUT2D eigenvalue weighted by Gasteiger charge is -2.09. The molecular formula is C13H17FO4. The first-order valence-corrected chi connectivity index (χ1v) is 5.92. The molecule has 0 aliphatic heterocycles. The molecule has 0 saturated heterocycles. The van der Waals surface area contributed by atoms with Crippen molar-refractivity contribution in [3.05, 3.63) is 29.6 Å². The molecule has 0 amide bonds.